The lowest BCUT2D eigenvalue weighted by Crippen LogP contribution is -2.32. The second-order valence-corrected chi connectivity index (χ2v) is 5.20. The molecule has 0 fully saturated rings. The molecule has 0 heterocycles. The first kappa shape index (κ1) is 17.9. The third kappa shape index (κ3) is 5.66. The molecule has 2 aromatic rings. The van der Waals surface area contributed by atoms with Gasteiger partial charge in [-0.05, 0) is 36.4 Å². The zero-order chi connectivity index (χ0) is 17.6. The molecule has 0 saturated carbocycles. The Hall–Kier alpha value is -2.41. The van der Waals surface area contributed by atoms with E-state index < -0.39 is 17.8 Å². The number of halogens is 4. The summed E-state index contributed by atoms with van der Waals surface area (Å²) in [7, 11) is 0. The van der Waals surface area contributed by atoms with E-state index in [1.807, 2.05) is 0 Å². The van der Waals surface area contributed by atoms with Gasteiger partial charge < -0.3 is 15.4 Å². The maximum atomic E-state index is 12.6. The highest BCUT2D eigenvalue weighted by Crippen LogP contribution is 2.30. The second-order valence-electron chi connectivity index (χ2n) is 4.77. The molecule has 2 amide bonds. The number of carbonyl (C=O) groups is 1. The molecule has 0 unspecified atom stereocenters. The van der Waals surface area contributed by atoms with E-state index >= 15 is 0 Å². The van der Waals surface area contributed by atoms with Crippen LogP contribution in [0.4, 0.5) is 23.7 Å². The first-order chi connectivity index (χ1) is 11.3. The molecular weight excluding hydrogens is 345 g/mol. The van der Waals surface area contributed by atoms with Crippen molar-refractivity contribution in [2.45, 2.75) is 6.18 Å². The molecule has 2 aromatic carbocycles. The van der Waals surface area contributed by atoms with Crippen molar-refractivity contribution in [1.29, 1.82) is 0 Å². The molecule has 0 aliphatic rings. The van der Waals surface area contributed by atoms with E-state index in [0.717, 1.165) is 12.1 Å². The minimum absolute atomic E-state index is 0.0538. The van der Waals surface area contributed by atoms with Gasteiger partial charge in [-0.3, -0.25) is 0 Å². The summed E-state index contributed by atoms with van der Waals surface area (Å²) < 4.78 is 43.1. The van der Waals surface area contributed by atoms with Crippen molar-refractivity contribution in [2.75, 3.05) is 18.5 Å². The Labute approximate surface area is 141 Å². The first-order valence-corrected chi connectivity index (χ1v) is 7.33. The third-order valence-corrected chi connectivity index (χ3v) is 3.14. The quantitative estimate of drug-likeness (QED) is 0.770. The lowest BCUT2D eigenvalue weighted by Gasteiger charge is -2.11. The molecule has 0 aliphatic carbocycles. The minimum Gasteiger partial charge on any atom is -0.492 e. The van der Waals surface area contributed by atoms with Crippen LogP contribution < -0.4 is 15.4 Å². The van der Waals surface area contributed by atoms with Crippen molar-refractivity contribution in [3.05, 3.63) is 59.1 Å². The topological polar surface area (TPSA) is 50.4 Å². The van der Waals surface area contributed by atoms with Crippen LogP contribution in [-0.4, -0.2) is 19.2 Å². The molecule has 4 nitrogen and oxygen atoms in total. The van der Waals surface area contributed by atoms with Crippen molar-refractivity contribution in [2.24, 2.45) is 0 Å². The van der Waals surface area contributed by atoms with E-state index in [1.54, 1.807) is 24.3 Å². The molecule has 0 saturated heterocycles. The fraction of sp³-hybridized carbons (Fsp3) is 0.188. The number of anilines is 1. The summed E-state index contributed by atoms with van der Waals surface area (Å²) >= 11 is 5.80. The van der Waals surface area contributed by atoms with Crippen LogP contribution >= 0.6 is 11.6 Å². The molecule has 0 bridgehead atoms. The average Bonchev–Trinajstić information content (AvgIpc) is 2.51. The van der Waals surface area contributed by atoms with Gasteiger partial charge in [0.15, 0.2) is 0 Å². The van der Waals surface area contributed by atoms with Crippen molar-refractivity contribution >= 4 is 23.3 Å². The number of carbonyl (C=O) groups excluding carboxylic acids is 1. The molecule has 2 rings (SSSR count). The van der Waals surface area contributed by atoms with Gasteiger partial charge in [0.2, 0.25) is 0 Å². The Morgan fingerprint density at radius 2 is 1.88 bits per heavy atom. The Morgan fingerprint density at radius 3 is 2.58 bits per heavy atom. The Bertz CT molecular complexity index is 708. The Balaban J connectivity index is 1.77. The van der Waals surface area contributed by atoms with Gasteiger partial charge in [-0.1, -0.05) is 23.7 Å². The summed E-state index contributed by atoms with van der Waals surface area (Å²) in [6.07, 6.45) is -4.46. The first-order valence-electron chi connectivity index (χ1n) is 6.95. The summed E-state index contributed by atoms with van der Waals surface area (Å²) in [5, 5.41) is 5.35. The smallest absolute Gasteiger partial charge is 0.416 e. The molecule has 0 aliphatic heterocycles. The number of urea groups is 1. The fourth-order valence-electron chi connectivity index (χ4n) is 1.84. The summed E-state index contributed by atoms with van der Waals surface area (Å²) in [5.74, 6) is 0.558. The van der Waals surface area contributed by atoms with Crippen molar-refractivity contribution in [1.82, 2.24) is 5.32 Å². The number of nitrogens with one attached hydrogen (secondary N) is 2. The summed E-state index contributed by atoms with van der Waals surface area (Å²) in [5.41, 5.74) is -0.775. The van der Waals surface area contributed by atoms with E-state index in [4.69, 9.17) is 16.3 Å². The van der Waals surface area contributed by atoms with E-state index in [2.05, 4.69) is 10.6 Å². The minimum atomic E-state index is -4.46. The molecule has 0 aromatic heterocycles. The fourth-order valence-corrected chi connectivity index (χ4v) is 2.02. The van der Waals surface area contributed by atoms with Gasteiger partial charge in [0, 0.05) is 10.7 Å². The predicted octanol–water partition coefficient (Wildman–Crippen LogP) is 4.56. The van der Waals surface area contributed by atoms with Crippen molar-refractivity contribution < 1.29 is 22.7 Å². The van der Waals surface area contributed by atoms with Crippen LogP contribution in [-0.2, 0) is 6.18 Å². The summed E-state index contributed by atoms with van der Waals surface area (Å²) in [6, 6.07) is 10.5. The number of alkyl halides is 3. The molecule has 0 radical (unpaired) electrons. The number of benzene rings is 2. The van der Waals surface area contributed by atoms with Crippen LogP contribution in [0, 0.1) is 0 Å². The van der Waals surface area contributed by atoms with E-state index in [0.29, 0.717) is 10.8 Å². The van der Waals surface area contributed by atoms with Gasteiger partial charge in [0.05, 0.1) is 12.1 Å². The highest BCUT2D eigenvalue weighted by molar-refractivity contribution is 6.30. The van der Waals surface area contributed by atoms with Crippen LogP contribution in [0.2, 0.25) is 5.02 Å². The zero-order valence-corrected chi connectivity index (χ0v) is 13.1. The van der Waals surface area contributed by atoms with Gasteiger partial charge in [0.25, 0.3) is 0 Å². The lowest BCUT2D eigenvalue weighted by atomic mass is 10.2. The molecule has 128 valence electrons. The Morgan fingerprint density at radius 1 is 1.12 bits per heavy atom. The molecule has 8 heteroatoms. The van der Waals surface area contributed by atoms with Gasteiger partial charge >= 0.3 is 12.2 Å². The number of amides is 2. The maximum Gasteiger partial charge on any atom is 0.416 e. The second kappa shape index (κ2) is 7.92. The largest absolute Gasteiger partial charge is 0.492 e. The van der Waals surface area contributed by atoms with Crippen molar-refractivity contribution in [3.8, 4) is 5.75 Å². The van der Waals surface area contributed by atoms with E-state index in [9.17, 15) is 18.0 Å². The number of hydrogen-bond donors (Lipinski definition) is 2. The van der Waals surface area contributed by atoms with Crippen LogP contribution in [0.5, 0.6) is 5.75 Å². The van der Waals surface area contributed by atoms with Crippen LogP contribution in [0.15, 0.2) is 48.5 Å². The van der Waals surface area contributed by atoms with Crippen molar-refractivity contribution in [3.63, 3.8) is 0 Å². The van der Waals surface area contributed by atoms with Crippen LogP contribution in [0.3, 0.4) is 0 Å². The van der Waals surface area contributed by atoms with Gasteiger partial charge in [-0.2, -0.15) is 13.2 Å². The maximum absolute atomic E-state index is 12.6. The number of rotatable bonds is 5. The number of ether oxygens (including phenoxy) is 1. The predicted molar refractivity (Wildman–Crippen MR) is 85.4 cm³/mol. The molecule has 2 N–H and O–H groups in total. The third-order valence-electron chi connectivity index (χ3n) is 2.90. The molecule has 24 heavy (non-hydrogen) atoms. The highest BCUT2D eigenvalue weighted by atomic mass is 35.5. The van der Waals surface area contributed by atoms with Crippen LogP contribution in [0.25, 0.3) is 0 Å². The Kier molecular flexibility index (Phi) is 5.92. The zero-order valence-electron chi connectivity index (χ0n) is 12.4. The SMILES string of the molecule is O=C(NCCOc1cccc(Cl)c1)Nc1cccc(C(F)(F)F)c1. The monoisotopic (exact) mass is 358 g/mol. The molecule has 0 spiro atoms. The highest BCUT2D eigenvalue weighted by Gasteiger charge is 2.30. The number of hydrogen-bond acceptors (Lipinski definition) is 2. The van der Waals surface area contributed by atoms with Gasteiger partial charge in [-0.15, -0.1) is 0 Å². The standard InChI is InChI=1S/C16H14ClF3N2O2/c17-12-4-2-6-14(10-12)24-8-7-21-15(23)22-13-5-1-3-11(9-13)16(18,19)20/h1-6,9-10H,7-8H2,(H2,21,22,23). The normalized spacial score (nSPS) is 11.0. The van der Waals surface area contributed by atoms with Crippen LogP contribution in [0.1, 0.15) is 5.56 Å². The molecular formula is C16H14ClF3N2O2. The van der Waals surface area contributed by atoms with E-state index in [-0.39, 0.29) is 18.8 Å². The van der Waals surface area contributed by atoms with E-state index in [1.165, 1.54) is 12.1 Å². The lowest BCUT2D eigenvalue weighted by molar-refractivity contribution is -0.137. The van der Waals surface area contributed by atoms with Gasteiger partial charge in [0.1, 0.15) is 12.4 Å². The average molecular weight is 359 g/mol. The summed E-state index contributed by atoms with van der Waals surface area (Å²) in [4.78, 5) is 11.7. The van der Waals surface area contributed by atoms with Gasteiger partial charge in [-0.25, -0.2) is 4.79 Å². The summed E-state index contributed by atoms with van der Waals surface area (Å²) in [6.45, 7) is 0.369. The molecule has 0 atom stereocenters.